The van der Waals surface area contributed by atoms with E-state index in [1.807, 2.05) is 0 Å². The monoisotopic (exact) mass is 224 g/mol. The van der Waals surface area contributed by atoms with Crippen LogP contribution in [0, 0.1) is 11.5 Å². The highest BCUT2D eigenvalue weighted by molar-refractivity contribution is 5.46. The number of aliphatic imine (C=N–C) groups is 1. The molecule has 1 rings (SSSR count). The van der Waals surface area contributed by atoms with Crippen molar-refractivity contribution in [1.29, 1.82) is 5.26 Å². The van der Waals surface area contributed by atoms with Crippen molar-refractivity contribution < 1.29 is 9.22 Å². The second-order valence-corrected chi connectivity index (χ2v) is 3.75. The van der Waals surface area contributed by atoms with E-state index in [2.05, 4.69) is 18.8 Å². The Morgan fingerprint density at radius 1 is 1.38 bits per heavy atom. The van der Waals surface area contributed by atoms with Gasteiger partial charge in [0.25, 0.3) is 0 Å². The zero-order valence-electron chi connectivity index (χ0n) is 10.1. The summed E-state index contributed by atoms with van der Waals surface area (Å²) in [6.07, 6.45) is 4.06. The highest BCUT2D eigenvalue weighted by atomic mass is 16.5. The van der Waals surface area contributed by atoms with Crippen LogP contribution in [0.25, 0.3) is 5.41 Å². The van der Waals surface area contributed by atoms with Crippen molar-refractivity contribution in [2.24, 2.45) is 4.99 Å². The average Bonchev–Trinajstić information content (AvgIpc) is 2.78. The Labute approximate surface area is 97.4 Å². The van der Waals surface area contributed by atoms with Crippen molar-refractivity contribution in [2.45, 2.75) is 26.7 Å². The smallest absolute Gasteiger partial charge is 0.183 e. The number of hydrogen-bond acceptors (Lipinski definition) is 3. The summed E-state index contributed by atoms with van der Waals surface area (Å²) in [5.74, 6) is 0. The molecule has 1 fully saturated rings. The quantitative estimate of drug-likeness (QED) is 0.415. The van der Waals surface area contributed by atoms with Crippen LogP contribution in [0.15, 0.2) is 4.99 Å². The van der Waals surface area contributed by atoms with Crippen molar-refractivity contribution in [3.8, 4) is 6.19 Å². The summed E-state index contributed by atoms with van der Waals surface area (Å²) in [4.78, 5) is 2.58. The molecule has 5 heteroatoms. The Morgan fingerprint density at radius 3 is 2.31 bits per heavy atom. The Kier molecular flexibility index (Phi) is 8.36. The molecule has 0 saturated carbocycles. The minimum atomic E-state index is 0.861. The van der Waals surface area contributed by atoms with E-state index in [0.29, 0.717) is 0 Å². The summed E-state index contributed by atoms with van der Waals surface area (Å²) >= 11 is 0. The SMILES string of the molecule is CCOC[N+]1(CC)CCCC1.N#CN=C=[N-]. The maximum atomic E-state index is 7.43. The van der Waals surface area contributed by atoms with Gasteiger partial charge in [-0.05, 0) is 13.8 Å². The molecule has 16 heavy (non-hydrogen) atoms. The third-order valence-electron chi connectivity index (χ3n) is 2.86. The van der Waals surface area contributed by atoms with Gasteiger partial charge in [-0.1, -0.05) is 0 Å². The summed E-state index contributed by atoms with van der Waals surface area (Å²) in [5, 5.41) is 14.9. The Balaban J connectivity index is 0.000000385. The van der Waals surface area contributed by atoms with E-state index >= 15 is 0 Å². The van der Waals surface area contributed by atoms with Gasteiger partial charge in [-0.15, -0.1) is 6.01 Å². The molecule has 0 spiro atoms. The average molecular weight is 224 g/mol. The largest absolute Gasteiger partial charge is 0.422 e. The molecule has 0 unspecified atom stereocenters. The molecule has 90 valence electrons. The molecule has 0 N–H and O–H groups in total. The molecule has 5 nitrogen and oxygen atoms in total. The number of hydrogen-bond donors (Lipinski definition) is 0. The van der Waals surface area contributed by atoms with Crippen molar-refractivity contribution >= 4 is 6.01 Å². The summed E-state index contributed by atoms with van der Waals surface area (Å²) in [5.41, 5.74) is 0. The first-order valence-corrected chi connectivity index (χ1v) is 5.65. The lowest BCUT2D eigenvalue weighted by atomic mass is 10.4. The van der Waals surface area contributed by atoms with Crippen LogP contribution in [0.4, 0.5) is 0 Å². The molecule has 0 aromatic carbocycles. The molecular weight excluding hydrogens is 204 g/mol. The van der Waals surface area contributed by atoms with Crippen LogP contribution in [0.3, 0.4) is 0 Å². The third-order valence-corrected chi connectivity index (χ3v) is 2.86. The first kappa shape index (κ1) is 14.8. The molecule has 0 aromatic rings. The number of quaternary nitrogens is 1. The van der Waals surface area contributed by atoms with E-state index in [0.717, 1.165) is 13.3 Å². The number of nitrogens with zero attached hydrogens (tertiary/aromatic N) is 4. The van der Waals surface area contributed by atoms with Crippen molar-refractivity contribution in [2.75, 3.05) is 33.0 Å². The molecule has 0 aromatic heterocycles. The summed E-state index contributed by atoms with van der Waals surface area (Å²) in [6.45, 7) is 10.0. The van der Waals surface area contributed by atoms with Gasteiger partial charge >= 0.3 is 0 Å². The first-order chi connectivity index (χ1) is 7.74. The maximum Gasteiger partial charge on any atom is 0.183 e. The predicted octanol–water partition coefficient (Wildman–Crippen LogP) is 1.82. The number of ether oxygens (including phenoxy) is 1. The molecule has 1 aliphatic heterocycles. The summed E-state index contributed by atoms with van der Waals surface area (Å²) in [6, 6.07) is 1.28. The highest BCUT2D eigenvalue weighted by Gasteiger charge is 2.29. The minimum Gasteiger partial charge on any atom is -0.422 e. The van der Waals surface area contributed by atoms with Gasteiger partial charge < -0.3 is 19.6 Å². The number of likely N-dealkylation sites (tertiary alicyclic amines) is 1. The summed E-state index contributed by atoms with van der Waals surface area (Å²) in [7, 11) is 0. The fourth-order valence-corrected chi connectivity index (χ4v) is 1.85. The lowest BCUT2D eigenvalue weighted by Crippen LogP contribution is -2.46. The molecular formula is C11H20N4O. The van der Waals surface area contributed by atoms with Gasteiger partial charge in [0, 0.05) is 19.4 Å². The van der Waals surface area contributed by atoms with Crippen molar-refractivity contribution in [3.05, 3.63) is 5.41 Å². The molecule has 0 aliphatic carbocycles. The molecule has 0 amide bonds. The fourth-order valence-electron chi connectivity index (χ4n) is 1.85. The zero-order valence-corrected chi connectivity index (χ0v) is 10.1. The van der Waals surface area contributed by atoms with Crippen LogP contribution in [0.5, 0.6) is 0 Å². The molecule has 1 saturated heterocycles. The second kappa shape index (κ2) is 9.05. The molecule has 0 bridgehead atoms. The molecule has 0 atom stereocenters. The molecule has 1 heterocycles. The van der Waals surface area contributed by atoms with Gasteiger partial charge in [-0.25, -0.2) is 0 Å². The molecule has 0 radical (unpaired) electrons. The minimum absolute atomic E-state index is 0.861. The Bertz CT molecular complexity index is 260. The standard InChI is InChI=1S/C9H20NO.C2N3/c1-3-10(9-11-4-2)7-5-6-8-10;3-1-5-2-4/h3-9H2,1-2H3;/q+1;-1. The molecule has 1 aliphatic rings. The van der Waals surface area contributed by atoms with Gasteiger partial charge in [0.2, 0.25) is 0 Å². The van der Waals surface area contributed by atoms with E-state index in [9.17, 15) is 0 Å². The van der Waals surface area contributed by atoms with Crippen LogP contribution in [-0.2, 0) is 4.74 Å². The lowest BCUT2D eigenvalue weighted by Gasteiger charge is -2.32. The van der Waals surface area contributed by atoms with E-state index in [1.165, 1.54) is 49.2 Å². The van der Waals surface area contributed by atoms with E-state index in [1.54, 1.807) is 0 Å². The maximum absolute atomic E-state index is 7.43. The van der Waals surface area contributed by atoms with E-state index in [4.69, 9.17) is 15.4 Å². The van der Waals surface area contributed by atoms with Crippen LogP contribution in [0.2, 0.25) is 0 Å². The van der Waals surface area contributed by atoms with Gasteiger partial charge in [0.05, 0.1) is 25.8 Å². The lowest BCUT2D eigenvalue weighted by molar-refractivity contribution is -0.933. The zero-order chi connectivity index (χ0) is 12.3. The van der Waals surface area contributed by atoms with E-state index < -0.39 is 0 Å². The third kappa shape index (κ3) is 5.62. The van der Waals surface area contributed by atoms with Crippen LogP contribution in [-0.4, -0.2) is 43.5 Å². The number of rotatable bonds is 4. The Hall–Kier alpha value is -1.21. The van der Waals surface area contributed by atoms with Gasteiger partial charge in [0.15, 0.2) is 6.73 Å². The highest BCUT2D eigenvalue weighted by Crippen LogP contribution is 2.18. The van der Waals surface area contributed by atoms with Crippen LogP contribution in [0.1, 0.15) is 26.7 Å². The van der Waals surface area contributed by atoms with Crippen molar-refractivity contribution in [3.63, 3.8) is 0 Å². The van der Waals surface area contributed by atoms with Crippen LogP contribution < -0.4 is 0 Å². The van der Waals surface area contributed by atoms with E-state index in [-0.39, 0.29) is 0 Å². The first-order valence-electron chi connectivity index (χ1n) is 5.65. The van der Waals surface area contributed by atoms with Gasteiger partial charge in [0.1, 0.15) is 0 Å². The second-order valence-electron chi connectivity index (χ2n) is 3.75. The predicted molar refractivity (Wildman–Crippen MR) is 62.7 cm³/mol. The summed E-state index contributed by atoms with van der Waals surface area (Å²) < 4.78 is 6.69. The van der Waals surface area contributed by atoms with Crippen LogP contribution >= 0.6 is 0 Å². The fraction of sp³-hybridized carbons (Fsp3) is 0.818. The Morgan fingerprint density at radius 2 is 2.00 bits per heavy atom. The normalized spacial score (nSPS) is 16.6. The van der Waals surface area contributed by atoms with Gasteiger partial charge in [-0.3, -0.25) is 0 Å². The van der Waals surface area contributed by atoms with Crippen molar-refractivity contribution in [1.82, 2.24) is 0 Å². The van der Waals surface area contributed by atoms with Gasteiger partial charge in [-0.2, -0.15) is 5.26 Å². The topological polar surface area (TPSA) is 67.7 Å². The number of nitriles is 1.